The average molecular weight is 266 g/mol. The molecule has 0 amide bonds. The molecule has 0 aliphatic heterocycles. The summed E-state index contributed by atoms with van der Waals surface area (Å²) < 4.78 is 49.1. The van der Waals surface area contributed by atoms with Gasteiger partial charge in [0.15, 0.2) is 0 Å². The summed E-state index contributed by atoms with van der Waals surface area (Å²) in [4.78, 5) is 10.9. The summed E-state index contributed by atoms with van der Waals surface area (Å²) in [6.45, 7) is -0.478. The summed E-state index contributed by atoms with van der Waals surface area (Å²) in [5.41, 5.74) is -0.606. The van der Waals surface area contributed by atoms with Gasteiger partial charge in [0.1, 0.15) is 11.5 Å². The molecule has 0 radical (unpaired) electrons. The third kappa shape index (κ3) is 3.86. The molecule has 0 bridgehead atoms. The average Bonchev–Trinajstić information content (AvgIpc) is 2.24. The number of halogens is 4. The minimum atomic E-state index is -4.36. The lowest BCUT2D eigenvalue weighted by atomic mass is 10.2. The standard InChI is InChI=1S/C10H10F4N2O2/c1-15(5-4-10(12,13)14)9-6-7(11)2-3-8(9)16(17)18/h2-3,6H,4-5H2,1H3. The van der Waals surface area contributed by atoms with Crippen LogP contribution in [0.5, 0.6) is 0 Å². The molecule has 0 aliphatic rings. The van der Waals surface area contributed by atoms with E-state index in [-0.39, 0.29) is 5.69 Å². The van der Waals surface area contributed by atoms with E-state index in [0.717, 1.165) is 23.1 Å². The highest BCUT2D eigenvalue weighted by molar-refractivity contribution is 5.62. The van der Waals surface area contributed by atoms with Crippen LogP contribution in [0.25, 0.3) is 0 Å². The van der Waals surface area contributed by atoms with Gasteiger partial charge in [-0.1, -0.05) is 0 Å². The Morgan fingerprint density at radius 1 is 1.39 bits per heavy atom. The summed E-state index contributed by atoms with van der Waals surface area (Å²) in [7, 11) is 1.24. The van der Waals surface area contributed by atoms with Crippen molar-refractivity contribution < 1.29 is 22.5 Å². The molecular weight excluding hydrogens is 256 g/mol. The fourth-order valence-corrected chi connectivity index (χ4v) is 1.37. The number of hydrogen-bond acceptors (Lipinski definition) is 3. The molecule has 0 saturated carbocycles. The molecule has 0 N–H and O–H groups in total. The van der Waals surface area contributed by atoms with Crippen molar-refractivity contribution in [3.05, 3.63) is 34.1 Å². The molecule has 0 fully saturated rings. The van der Waals surface area contributed by atoms with Crippen LogP contribution in [0, 0.1) is 15.9 Å². The molecule has 8 heteroatoms. The van der Waals surface area contributed by atoms with E-state index in [2.05, 4.69) is 0 Å². The van der Waals surface area contributed by atoms with E-state index in [0.29, 0.717) is 0 Å². The second-order valence-electron chi connectivity index (χ2n) is 3.68. The van der Waals surface area contributed by atoms with Crippen LogP contribution in [0.15, 0.2) is 18.2 Å². The highest BCUT2D eigenvalue weighted by Crippen LogP contribution is 2.29. The van der Waals surface area contributed by atoms with Crippen molar-refractivity contribution in [2.45, 2.75) is 12.6 Å². The van der Waals surface area contributed by atoms with E-state index in [4.69, 9.17) is 0 Å². The minimum absolute atomic E-state index is 0.177. The van der Waals surface area contributed by atoms with Gasteiger partial charge in [0.25, 0.3) is 5.69 Å². The predicted molar refractivity (Wildman–Crippen MR) is 57.0 cm³/mol. The number of nitro groups is 1. The molecule has 0 spiro atoms. The number of anilines is 1. The van der Waals surface area contributed by atoms with Crippen LogP contribution in [0.3, 0.4) is 0 Å². The first-order valence-electron chi connectivity index (χ1n) is 4.92. The molecule has 0 atom stereocenters. The highest BCUT2D eigenvalue weighted by atomic mass is 19.4. The Morgan fingerprint density at radius 2 is 2.00 bits per heavy atom. The van der Waals surface area contributed by atoms with Crippen LogP contribution in [0.4, 0.5) is 28.9 Å². The third-order valence-electron chi connectivity index (χ3n) is 2.28. The second kappa shape index (κ2) is 5.19. The third-order valence-corrected chi connectivity index (χ3v) is 2.28. The zero-order valence-corrected chi connectivity index (χ0v) is 9.37. The molecule has 1 aromatic carbocycles. The monoisotopic (exact) mass is 266 g/mol. The van der Waals surface area contributed by atoms with Crippen molar-refractivity contribution in [1.82, 2.24) is 0 Å². The van der Waals surface area contributed by atoms with Crippen LogP contribution >= 0.6 is 0 Å². The molecule has 0 aromatic heterocycles. The summed E-state index contributed by atoms with van der Waals surface area (Å²) in [6, 6.07) is 2.66. The van der Waals surface area contributed by atoms with E-state index < -0.39 is 35.6 Å². The highest BCUT2D eigenvalue weighted by Gasteiger charge is 2.28. The molecule has 1 rings (SSSR count). The van der Waals surface area contributed by atoms with Crippen molar-refractivity contribution in [2.24, 2.45) is 0 Å². The van der Waals surface area contributed by atoms with Gasteiger partial charge in [0, 0.05) is 25.7 Å². The Balaban J connectivity index is 2.93. The zero-order valence-electron chi connectivity index (χ0n) is 9.37. The fraction of sp³-hybridized carbons (Fsp3) is 0.400. The molecule has 4 nitrogen and oxygen atoms in total. The second-order valence-corrected chi connectivity index (χ2v) is 3.68. The first kappa shape index (κ1) is 14.2. The zero-order chi connectivity index (χ0) is 13.9. The molecule has 0 aliphatic carbocycles. The Morgan fingerprint density at radius 3 is 2.50 bits per heavy atom. The van der Waals surface area contributed by atoms with Crippen LogP contribution in [0.1, 0.15) is 6.42 Å². The molecular formula is C10H10F4N2O2. The lowest BCUT2D eigenvalue weighted by Gasteiger charge is -2.19. The molecule has 18 heavy (non-hydrogen) atoms. The van der Waals surface area contributed by atoms with Gasteiger partial charge in [-0.15, -0.1) is 0 Å². The first-order valence-corrected chi connectivity index (χ1v) is 4.92. The topological polar surface area (TPSA) is 46.4 Å². The van der Waals surface area contributed by atoms with Gasteiger partial charge < -0.3 is 4.90 Å². The van der Waals surface area contributed by atoms with Gasteiger partial charge >= 0.3 is 6.18 Å². The van der Waals surface area contributed by atoms with Crippen LogP contribution in [-0.2, 0) is 0 Å². The maximum Gasteiger partial charge on any atom is 0.390 e. The molecule has 100 valence electrons. The Kier molecular flexibility index (Phi) is 4.10. The normalized spacial score (nSPS) is 11.4. The quantitative estimate of drug-likeness (QED) is 0.478. The first-order chi connectivity index (χ1) is 8.20. The summed E-state index contributed by atoms with van der Waals surface area (Å²) in [5.74, 6) is -0.741. The molecule has 1 aromatic rings. The summed E-state index contributed by atoms with van der Waals surface area (Å²) in [6.07, 6.45) is -5.49. The molecule has 0 unspecified atom stereocenters. The van der Waals surface area contributed by atoms with Crippen molar-refractivity contribution >= 4 is 11.4 Å². The summed E-state index contributed by atoms with van der Waals surface area (Å²) in [5, 5.41) is 10.7. The van der Waals surface area contributed by atoms with E-state index in [1.807, 2.05) is 0 Å². The predicted octanol–water partition coefficient (Wildman–Crippen LogP) is 3.12. The van der Waals surface area contributed by atoms with E-state index in [1.54, 1.807) is 0 Å². The number of rotatable bonds is 4. The fourth-order valence-electron chi connectivity index (χ4n) is 1.37. The number of nitrogens with zero attached hydrogens (tertiary/aromatic N) is 2. The van der Waals surface area contributed by atoms with Crippen molar-refractivity contribution in [3.8, 4) is 0 Å². The van der Waals surface area contributed by atoms with Gasteiger partial charge in [-0.3, -0.25) is 10.1 Å². The number of benzene rings is 1. The molecule has 0 heterocycles. The van der Waals surface area contributed by atoms with Crippen LogP contribution < -0.4 is 4.90 Å². The van der Waals surface area contributed by atoms with Gasteiger partial charge in [0.2, 0.25) is 0 Å². The van der Waals surface area contributed by atoms with Crippen molar-refractivity contribution in [2.75, 3.05) is 18.5 Å². The number of alkyl halides is 3. The van der Waals surface area contributed by atoms with Crippen molar-refractivity contribution in [1.29, 1.82) is 0 Å². The lowest BCUT2D eigenvalue weighted by Crippen LogP contribution is -2.24. The Bertz CT molecular complexity index is 448. The summed E-state index contributed by atoms with van der Waals surface area (Å²) >= 11 is 0. The molecule has 0 saturated heterocycles. The maximum atomic E-state index is 13.0. The van der Waals surface area contributed by atoms with Crippen molar-refractivity contribution in [3.63, 3.8) is 0 Å². The Labute approximate surface area is 100.0 Å². The van der Waals surface area contributed by atoms with Gasteiger partial charge in [-0.25, -0.2) is 4.39 Å². The maximum absolute atomic E-state index is 13.0. The smallest absolute Gasteiger partial charge is 0.369 e. The Hall–Kier alpha value is -1.86. The number of nitro benzene ring substituents is 1. The van der Waals surface area contributed by atoms with Gasteiger partial charge in [-0.05, 0) is 6.07 Å². The lowest BCUT2D eigenvalue weighted by molar-refractivity contribution is -0.384. The van der Waals surface area contributed by atoms with E-state index in [1.165, 1.54) is 7.05 Å². The SMILES string of the molecule is CN(CCC(F)(F)F)c1cc(F)ccc1[N+](=O)[O-]. The van der Waals surface area contributed by atoms with Crippen LogP contribution in [-0.4, -0.2) is 24.7 Å². The van der Waals surface area contributed by atoms with E-state index in [9.17, 15) is 27.7 Å². The van der Waals surface area contributed by atoms with Gasteiger partial charge in [0.05, 0.1) is 11.3 Å². The minimum Gasteiger partial charge on any atom is -0.369 e. The van der Waals surface area contributed by atoms with E-state index >= 15 is 0 Å². The van der Waals surface area contributed by atoms with Gasteiger partial charge in [-0.2, -0.15) is 13.2 Å². The van der Waals surface area contributed by atoms with Crippen LogP contribution in [0.2, 0.25) is 0 Å². The number of hydrogen-bond donors (Lipinski definition) is 0. The largest absolute Gasteiger partial charge is 0.390 e.